The SMILES string of the molecule is CC(C)(CCCCSc1ccc(CNCCCP(=O)(O)O)cc1)c1ccccc1. The third-order valence-corrected chi connectivity index (χ3v) is 7.07. The summed E-state index contributed by atoms with van der Waals surface area (Å²) in [5, 5.41) is 3.23. The van der Waals surface area contributed by atoms with Crippen molar-refractivity contribution in [3.63, 3.8) is 0 Å². The quantitative estimate of drug-likeness (QED) is 0.218. The number of hydrogen-bond donors (Lipinski definition) is 3. The molecule has 0 amide bonds. The molecule has 3 N–H and O–H groups in total. The number of hydrogen-bond acceptors (Lipinski definition) is 3. The van der Waals surface area contributed by atoms with E-state index in [1.165, 1.54) is 35.3 Å². The van der Waals surface area contributed by atoms with E-state index in [-0.39, 0.29) is 11.6 Å². The summed E-state index contributed by atoms with van der Waals surface area (Å²) in [5.74, 6) is 1.13. The van der Waals surface area contributed by atoms with Gasteiger partial charge >= 0.3 is 7.60 Å². The highest BCUT2D eigenvalue weighted by Gasteiger charge is 2.19. The summed E-state index contributed by atoms with van der Waals surface area (Å²) in [6.45, 7) is 5.99. The number of thioether (sulfide) groups is 1. The fourth-order valence-corrected chi connectivity index (χ4v) is 4.72. The third-order valence-electron chi connectivity index (χ3n) is 5.08. The molecule has 0 saturated heterocycles. The summed E-state index contributed by atoms with van der Waals surface area (Å²) in [5.41, 5.74) is 2.83. The monoisotopic (exact) mass is 435 g/mol. The Morgan fingerprint density at radius 1 is 0.966 bits per heavy atom. The lowest BCUT2D eigenvalue weighted by Crippen LogP contribution is -2.16. The molecule has 2 aromatic carbocycles. The van der Waals surface area contributed by atoms with Crippen molar-refractivity contribution >= 4 is 19.4 Å². The zero-order chi connectivity index (χ0) is 21.2. The maximum atomic E-state index is 10.8. The summed E-state index contributed by atoms with van der Waals surface area (Å²) >= 11 is 1.90. The molecule has 4 nitrogen and oxygen atoms in total. The van der Waals surface area contributed by atoms with Crippen LogP contribution in [0.5, 0.6) is 0 Å². The van der Waals surface area contributed by atoms with Crippen LogP contribution < -0.4 is 5.32 Å². The van der Waals surface area contributed by atoms with Gasteiger partial charge in [0, 0.05) is 11.4 Å². The van der Waals surface area contributed by atoms with Crippen LogP contribution in [0.3, 0.4) is 0 Å². The maximum absolute atomic E-state index is 10.8. The molecule has 0 aliphatic heterocycles. The lowest BCUT2D eigenvalue weighted by atomic mass is 9.80. The molecule has 0 aromatic heterocycles. The largest absolute Gasteiger partial charge is 0.325 e. The van der Waals surface area contributed by atoms with Gasteiger partial charge in [-0.2, -0.15) is 0 Å². The number of benzene rings is 2. The van der Waals surface area contributed by atoms with Crippen molar-refractivity contribution < 1.29 is 14.4 Å². The first kappa shape index (κ1) is 24.2. The average Bonchev–Trinajstić information content (AvgIpc) is 2.68. The smallest absolute Gasteiger partial charge is 0.324 e. The second-order valence-corrected chi connectivity index (χ2v) is 11.1. The van der Waals surface area contributed by atoms with Gasteiger partial charge in [0.1, 0.15) is 0 Å². The van der Waals surface area contributed by atoms with Crippen molar-refractivity contribution in [2.24, 2.45) is 0 Å². The molecule has 6 heteroatoms. The van der Waals surface area contributed by atoms with Gasteiger partial charge < -0.3 is 15.1 Å². The molecule has 0 unspecified atom stereocenters. The molecule has 29 heavy (non-hydrogen) atoms. The molecule has 2 aromatic rings. The summed E-state index contributed by atoms with van der Waals surface area (Å²) in [6, 6.07) is 19.3. The van der Waals surface area contributed by atoms with Gasteiger partial charge in [-0.25, -0.2) is 0 Å². The number of rotatable bonds is 13. The Hall–Kier alpha value is -1.10. The minimum absolute atomic E-state index is 0.0574. The molecule has 0 bridgehead atoms. The normalized spacial score (nSPS) is 12.3. The zero-order valence-electron chi connectivity index (χ0n) is 17.5. The molecule has 160 valence electrons. The number of nitrogens with one attached hydrogen (secondary N) is 1. The van der Waals surface area contributed by atoms with Crippen molar-refractivity contribution in [1.29, 1.82) is 0 Å². The van der Waals surface area contributed by atoms with Gasteiger partial charge in [0.05, 0.1) is 6.16 Å². The summed E-state index contributed by atoms with van der Waals surface area (Å²) in [4.78, 5) is 19.0. The van der Waals surface area contributed by atoms with Crippen LogP contribution in [-0.4, -0.2) is 28.2 Å². The van der Waals surface area contributed by atoms with Crippen molar-refractivity contribution in [3.8, 4) is 0 Å². The topological polar surface area (TPSA) is 69.6 Å². The van der Waals surface area contributed by atoms with Crippen molar-refractivity contribution in [1.82, 2.24) is 5.32 Å². The first-order valence-corrected chi connectivity index (χ1v) is 13.1. The highest BCUT2D eigenvalue weighted by atomic mass is 32.2. The lowest BCUT2D eigenvalue weighted by molar-refractivity contribution is 0.371. The van der Waals surface area contributed by atoms with Gasteiger partial charge in [-0.15, -0.1) is 11.8 Å². The minimum Gasteiger partial charge on any atom is -0.324 e. The molecule has 0 atom stereocenters. The second-order valence-electron chi connectivity index (χ2n) is 8.12. The van der Waals surface area contributed by atoms with E-state index in [0.29, 0.717) is 13.0 Å². The van der Waals surface area contributed by atoms with Gasteiger partial charge in [0.25, 0.3) is 0 Å². The van der Waals surface area contributed by atoms with Crippen LogP contribution in [0.25, 0.3) is 0 Å². The predicted octanol–water partition coefficient (Wildman–Crippen LogP) is 5.58. The average molecular weight is 436 g/mol. The van der Waals surface area contributed by atoms with Gasteiger partial charge in [-0.1, -0.05) is 62.7 Å². The Labute approximate surface area is 179 Å². The Bertz CT molecular complexity index is 759. The third kappa shape index (κ3) is 9.97. The van der Waals surface area contributed by atoms with Crippen molar-refractivity contribution in [3.05, 3.63) is 65.7 Å². The summed E-state index contributed by atoms with van der Waals surface area (Å²) < 4.78 is 10.8. The van der Waals surface area contributed by atoms with Crippen LogP contribution >= 0.6 is 19.4 Å². The van der Waals surface area contributed by atoms with E-state index in [2.05, 4.69) is 73.8 Å². The van der Waals surface area contributed by atoms with Gasteiger partial charge in [0.15, 0.2) is 0 Å². The van der Waals surface area contributed by atoms with Crippen LogP contribution in [0.4, 0.5) is 0 Å². The molecule has 0 spiro atoms. The first-order valence-electron chi connectivity index (χ1n) is 10.3. The molecule has 0 heterocycles. The molecule has 2 rings (SSSR count). The fraction of sp³-hybridized carbons (Fsp3) is 0.478. The summed E-state index contributed by atoms with van der Waals surface area (Å²) in [6.07, 6.45) is 4.07. The standard InChI is InChI=1S/C23H34NO3PS/c1-23(2,21-9-4-3-5-10-21)15-6-7-18-29-22-13-11-20(12-14-22)19-24-16-8-17-28(25,26)27/h3-5,9-14,24H,6-8,15-19H2,1-2H3,(H2,25,26,27). The molecular formula is C23H34NO3PS. The van der Waals surface area contributed by atoms with Crippen LogP contribution in [-0.2, 0) is 16.5 Å². The molecule has 0 fully saturated rings. The predicted molar refractivity (Wildman–Crippen MR) is 124 cm³/mol. The maximum Gasteiger partial charge on any atom is 0.325 e. The Kier molecular flexibility index (Phi) is 9.94. The molecule has 0 aliphatic carbocycles. The van der Waals surface area contributed by atoms with Crippen LogP contribution in [0, 0.1) is 0 Å². The highest BCUT2D eigenvalue weighted by molar-refractivity contribution is 7.99. The number of unbranched alkanes of at least 4 members (excludes halogenated alkanes) is 1. The van der Waals surface area contributed by atoms with Gasteiger partial charge in [-0.3, -0.25) is 4.57 Å². The molecular weight excluding hydrogens is 401 g/mol. The lowest BCUT2D eigenvalue weighted by Gasteiger charge is -2.25. The van der Waals surface area contributed by atoms with Crippen molar-refractivity contribution in [2.75, 3.05) is 18.5 Å². The van der Waals surface area contributed by atoms with Crippen LogP contribution in [0.15, 0.2) is 59.5 Å². The van der Waals surface area contributed by atoms with Gasteiger partial charge in [-0.05, 0) is 60.2 Å². The van der Waals surface area contributed by atoms with E-state index in [1.807, 2.05) is 11.8 Å². The van der Waals surface area contributed by atoms with E-state index in [4.69, 9.17) is 9.79 Å². The van der Waals surface area contributed by atoms with E-state index >= 15 is 0 Å². The molecule has 0 saturated carbocycles. The van der Waals surface area contributed by atoms with Crippen LogP contribution in [0.1, 0.15) is 50.7 Å². The fourth-order valence-electron chi connectivity index (χ4n) is 3.24. The van der Waals surface area contributed by atoms with E-state index in [1.54, 1.807) is 0 Å². The highest BCUT2D eigenvalue weighted by Crippen LogP contribution is 2.34. The Morgan fingerprint density at radius 2 is 1.66 bits per heavy atom. The molecule has 0 radical (unpaired) electrons. The Balaban J connectivity index is 1.61. The Morgan fingerprint density at radius 3 is 2.31 bits per heavy atom. The van der Waals surface area contributed by atoms with E-state index in [0.717, 1.165) is 12.3 Å². The summed E-state index contributed by atoms with van der Waals surface area (Å²) in [7, 11) is -3.87. The van der Waals surface area contributed by atoms with Crippen LogP contribution in [0.2, 0.25) is 0 Å². The first-order chi connectivity index (χ1) is 13.8. The van der Waals surface area contributed by atoms with E-state index < -0.39 is 7.60 Å². The van der Waals surface area contributed by atoms with E-state index in [9.17, 15) is 4.57 Å². The zero-order valence-corrected chi connectivity index (χ0v) is 19.2. The second kappa shape index (κ2) is 11.9. The molecule has 0 aliphatic rings. The van der Waals surface area contributed by atoms with Gasteiger partial charge in [0.2, 0.25) is 0 Å². The minimum atomic E-state index is -3.87. The van der Waals surface area contributed by atoms with Crippen molar-refractivity contribution in [2.45, 2.75) is 56.4 Å².